The van der Waals surface area contributed by atoms with E-state index < -0.39 is 0 Å². The molecule has 36 heavy (non-hydrogen) atoms. The van der Waals surface area contributed by atoms with Gasteiger partial charge >= 0.3 is 0 Å². The van der Waals surface area contributed by atoms with Crippen molar-refractivity contribution < 1.29 is 0 Å². The Labute approximate surface area is 211 Å². The van der Waals surface area contributed by atoms with Crippen molar-refractivity contribution in [2.75, 3.05) is 31.1 Å². The van der Waals surface area contributed by atoms with Gasteiger partial charge in [0.15, 0.2) is 5.82 Å². The first-order chi connectivity index (χ1) is 17.3. The van der Waals surface area contributed by atoms with Crippen LogP contribution in [0, 0.1) is 13.8 Å². The predicted octanol–water partition coefficient (Wildman–Crippen LogP) is 4.19. The molecule has 1 aliphatic rings. The number of aromatic nitrogens is 5. The number of rotatable bonds is 6. The van der Waals surface area contributed by atoms with Crippen LogP contribution in [0.2, 0.25) is 0 Å². The summed E-state index contributed by atoms with van der Waals surface area (Å²) in [6.07, 6.45) is 0.867. The molecule has 0 spiro atoms. The Hall–Kier alpha value is -3.52. The molecule has 4 aromatic rings. The maximum absolute atomic E-state index is 13.6. The van der Waals surface area contributed by atoms with Gasteiger partial charge in [0.2, 0.25) is 0 Å². The molecule has 1 fully saturated rings. The first kappa shape index (κ1) is 24.2. The van der Waals surface area contributed by atoms with E-state index in [-0.39, 0.29) is 17.1 Å². The number of nitrogens with one attached hydrogen (secondary N) is 1. The second kappa shape index (κ2) is 9.50. The third kappa shape index (κ3) is 4.41. The number of hydrogen-bond donors (Lipinski definition) is 1. The molecule has 0 aliphatic carbocycles. The smallest absolute Gasteiger partial charge is 0.253 e. The summed E-state index contributed by atoms with van der Waals surface area (Å²) in [4.78, 5) is 21.5. The fraction of sp³-hybridized carbons (Fsp3) is 0.429. The summed E-state index contributed by atoms with van der Waals surface area (Å²) >= 11 is 0. The third-order valence-electron chi connectivity index (χ3n) is 7.59. The van der Waals surface area contributed by atoms with Gasteiger partial charge in [-0.05, 0) is 79.8 Å². The molecule has 1 aliphatic heterocycles. The fourth-order valence-corrected chi connectivity index (χ4v) is 5.23. The van der Waals surface area contributed by atoms with Crippen LogP contribution in [-0.4, -0.2) is 56.3 Å². The van der Waals surface area contributed by atoms with Gasteiger partial charge in [0.25, 0.3) is 5.56 Å². The maximum Gasteiger partial charge on any atom is 0.253 e. The molecule has 0 saturated carbocycles. The van der Waals surface area contributed by atoms with Gasteiger partial charge in [-0.25, -0.2) is 4.68 Å². The van der Waals surface area contributed by atoms with Crippen LogP contribution in [0.5, 0.6) is 0 Å². The molecule has 1 saturated heterocycles. The monoisotopic (exact) mass is 485 g/mol. The van der Waals surface area contributed by atoms with Crippen molar-refractivity contribution in [1.82, 2.24) is 30.1 Å². The number of piperazine rings is 1. The standard InChI is InChI=1S/C28H35N7O/c1-6-28(4,5)35-26(30-31-32-35)25(34-14-12-33(13-15-34)22-10-8-7-9-11-22)23-18-21-17-19(2)16-20(3)24(21)29-27(23)36/h7-11,16-18,25H,6,12-15H2,1-5H3,(H,29,36)/t25-/m1/s1. The Bertz CT molecular complexity index is 1420. The van der Waals surface area contributed by atoms with Crippen LogP contribution >= 0.6 is 0 Å². The fourth-order valence-electron chi connectivity index (χ4n) is 5.23. The highest BCUT2D eigenvalue weighted by Crippen LogP contribution is 2.32. The van der Waals surface area contributed by atoms with Gasteiger partial charge in [-0.15, -0.1) is 5.10 Å². The summed E-state index contributed by atoms with van der Waals surface area (Å²) in [5.74, 6) is 0.712. The molecule has 8 heteroatoms. The minimum absolute atomic E-state index is 0.0891. The minimum atomic E-state index is -0.349. The first-order valence-electron chi connectivity index (χ1n) is 12.8. The predicted molar refractivity (Wildman–Crippen MR) is 144 cm³/mol. The molecule has 1 N–H and O–H groups in total. The first-order valence-corrected chi connectivity index (χ1v) is 12.8. The number of hydrogen-bond acceptors (Lipinski definition) is 6. The van der Waals surface area contributed by atoms with Crippen LogP contribution in [0.25, 0.3) is 10.9 Å². The summed E-state index contributed by atoms with van der Waals surface area (Å²) in [6, 6.07) is 16.4. The number of pyridine rings is 1. The highest BCUT2D eigenvalue weighted by molar-refractivity contribution is 5.83. The lowest BCUT2D eigenvalue weighted by Gasteiger charge is -2.40. The number of nitrogens with zero attached hydrogens (tertiary/aromatic N) is 6. The van der Waals surface area contributed by atoms with Gasteiger partial charge in [0, 0.05) is 37.4 Å². The zero-order chi connectivity index (χ0) is 25.4. The number of H-pyrrole nitrogens is 1. The number of anilines is 1. The molecule has 0 bridgehead atoms. The zero-order valence-electron chi connectivity index (χ0n) is 21.8. The minimum Gasteiger partial charge on any atom is -0.369 e. The summed E-state index contributed by atoms with van der Waals surface area (Å²) < 4.78 is 1.91. The molecule has 0 unspecified atom stereocenters. The lowest BCUT2D eigenvalue weighted by Crippen LogP contribution is -2.49. The molecule has 3 heterocycles. The average molecular weight is 486 g/mol. The zero-order valence-corrected chi connectivity index (χ0v) is 21.8. The SMILES string of the molecule is CCC(C)(C)n1nnnc1[C@@H](c1cc2cc(C)cc(C)c2[nH]c1=O)N1CCN(c2ccccc2)CC1. The lowest BCUT2D eigenvalue weighted by atomic mass is 9.98. The Morgan fingerprint density at radius 2 is 1.75 bits per heavy atom. The van der Waals surface area contributed by atoms with Crippen LogP contribution in [0.1, 0.15) is 55.7 Å². The van der Waals surface area contributed by atoms with Crippen molar-refractivity contribution in [1.29, 1.82) is 0 Å². The third-order valence-corrected chi connectivity index (χ3v) is 7.59. The van der Waals surface area contributed by atoms with Crippen LogP contribution in [0.15, 0.2) is 53.3 Å². The molecule has 2 aromatic heterocycles. The van der Waals surface area contributed by atoms with Crippen molar-refractivity contribution in [3.8, 4) is 0 Å². The molecule has 2 aromatic carbocycles. The van der Waals surface area contributed by atoms with E-state index in [0.717, 1.165) is 49.1 Å². The number of aryl methyl sites for hydroxylation is 2. The van der Waals surface area contributed by atoms with Crippen molar-refractivity contribution in [3.05, 3.63) is 81.4 Å². The quantitative estimate of drug-likeness (QED) is 0.441. The van der Waals surface area contributed by atoms with E-state index >= 15 is 0 Å². The van der Waals surface area contributed by atoms with E-state index in [9.17, 15) is 4.79 Å². The van der Waals surface area contributed by atoms with E-state index in [0.29, 0.717) is 11.4 Å². The molecule has 8 nitrogen and oxygen atoms in total. The van der Waals surface area contributed by atoms with Gasteiger partial charge in [-0.3, -0.25) is 9.69 Å². The second-order valence-electron chi connectivity index (χ2n) is 10.5. The van der Waals surface area contributed by atoms with Crippen molar-refractivity contribution >= 4 is 16.6 Å². The molecular weight excluding hydrogens is 450 g/mol. The molecule has 1 atom stereocenters. The summed E-state index contributed by atoms with van der Waals surface area (Å²) in [7, 11) is 0. The normalized spacial score (nSPS) is 16.0. The molecule has 0 radical (unpaired) electrons. The van der Waals surface area contributed by atoms with E-state index in [4.69, 9.17) is 0 Å². The summed E-state index contributed by atoms with van der Waals surface area (Å²) in [5.41, 5.74) is 4.66. The van der Waals surface area contributed by atoms with E-state index in [1.165, 1.54) is 11.3 Å². The number of para-hydroxylation sites is 1. The van der Waals surface area contributed by atoms with Gasteiger partial charge in [-0.2, -0.15) is 0 Å². The average Bonchev–Trinajstić information content (AvgIpc) is 3.36. The number of tetrazole rings is 1. The summed E-state index contributed by atoms with van der Waals surface area (Å²) in [6.45, 7) is 13.8. The van der Waals surface area contributed by atoms with Gasteiger partial charge in [0.05, 0.1) is 11.1 Å². The van der Waals surface area contributed by atoms with E-state index in [1.54, 1.807) is 0 Å². The van der Waals surface area contributed by atoms with Crippen molar-refractivity contribution in [2.45, 2.75) is 52.6 Å². The van der Waals surface area contributed by atoms with Gasteiger partial charge in [0.1, 0.15) is 6.04 Å². The highest BCUT2D eigenvalue weighted by Gasteiger charge is 2.35. The Morgan fingerprint density at radius 1 is 1.03 bits per heavy atom. The Balaban J connectivity index is 1.60. The lowest BCUT2D eigenvalue weighted by molar-refractivity contribution is 0.186. The Kier molecular flexibility index (Phi) is 6.38. The van der Waals surface area contributed by atoms with Crippen molar-refractivity contribution in [2.24, 2.45) is 0 Å². The highest BCUT2D eigenvalue weighted by atomic mass is 16.1. The number of fused-ring (bicyclic) bond motifs is 1. The molecule has 5 rings (SSSR count). The maximum atomic E-state index is 13.6. The topological polar surface area (TPSA) is 82.9 Å². The van der Waals surface area contributed by atoms with Crippen LogP contribution in [-0.2, 0) is 5.54 Å². The van der Waals surface area contributed by atoms with Gasteiger partial charge in [-0.1, -0.05) is 36.8 Å². The van der Waals surface area contributed by atoms with Crippen LogP contribution in [0.3, 0.4) is 0 Å². The molecule has 0 amide bonds. The largest absolute Gasteiger partial charge is 0.369 e. The number of benzene rings is 2. The Morgan fingerprint density at radius 3 is 2.44 bits per heavy atom. The van der Waals surface area contributed by atoms with E-state index in [2.05, 4.69) is 94.4 Å². The van der Waals surface area contributed by atoms with E-state index in [1.807, 2.05) is 23.7 Å². The van der Waals surface area contributed by atoms with Crippen molar-refractivity contribution in [3.63, 3.8) is 0 Å². The second-order valence-corrected chi connectivity index (χ2v) is 10.5. The van der Waals surface area contributed by atoms with Crippen LogP contribution in [0.4, 0.5) is 5.69 Å². The number of aromatic amines is 1. The molecular formula is C28H35N7O. The molecule has 188 valence electrons. The van der Waals surface area contributed by atoms with Crippen LogP contribution < -0.4 is 10.5 Å². The van der Waals surface area contributed by atoms with Gasteiger partial charge < -0.3 is 9.88 Å². The summed E-state index contributed by atoms with van der Waals surface area (Å²) in [5, 5.41) is 14.0.